The molecule has 4 heterocycles. The summed E-state index contributed by atoms with van der Waals surface area (Å²) >= 11 is 0. The zero-order valence-electron chi connectivity index (χ0n) is 17.8. The van der Waals surface area contributed by atoms with Crippen LogP contribution in [0.1, 0.15) is 5.69 Å². The Balaban J connectivity index is 1.32. The van der Waals surface area contributed by atoms with Crippen molar-refractivity contribution in [3.8, 4) is 11.4 Å². The Kier molecular flexibility index (Phi) is 5.83. The molecule has 2 amide bonds. The minimum Gasteiger partial charge on any atom is -0.390 e. The van der Waals surface area contributed by atoms with Crippen LogP contribution >= 0.6 is 0 Å². The number of fused-ring (bicyclic) bond motifs is 1. The third-order valence-corrected chi connectivity index (χ3v) is 5.33. The van der Waals surface area contributed by atoms with Gasteiger partial charge in [0.25, 0.3) is 0 Å². The van der Waals surface area contributed by atoms with E-state index in [0.29, 0.717) is 36.1 Å². The van der Waals surface area contributed by atoms with E-state index in [2.05, 4.69) is 25.6 Å². The van der Waals surface area contributed by atoms with Gasteiger partial charge in [-0.3, -0.25) is 4.98 Å². The van der Waals surface area contributed by atoms with Crippen molar-refractivity contribution in [2.75, 3.05) is 41.8 Å². The van der Waals surface area contributed by atoms with Crippen molar-refractivity contribution in [1.82, 2.24) is 19.6 Å². The first-order chi connectivity index (χ1) is 16.2. The lowest BCUT2D eigenvalue weighted by Gasteiger charge is -2.28. The molecule has 1 fully saturated rings. The zero-order valence-corrected chi connectivity index (χ0v) is 17.8. The molecule has 0 radical (unpaired) electrons. The number of anilines is 3. The van der Waals surface area contributed by atoms with Crippen LogP contribution < -0.4 is 15.5 Å². The first kappa shape index (κ1) is 20.9. The Hall–Kier alpha value is -4.02. The average molecular weight is 445 g/mol. The van der Waals surface area contributed by atoms with Gasteiger partial charge in [-0.05, 0) is 48.5 Å². The fourth-order valence-electron chi connectivity index (χ4n) is 3.64. The molecule has 5 rings (SSSR count). The average Bonchev–Trinajstić information content (AvgIpc) is 3.34. The SMILES string of the molecule is O=C(Nc1ccc(-c2nc(N3CCOCC3)c3cccn3n2)cc1)Nc1ccc(CO)nc1. The van der Waals surface area contributed by atoms with Crippen LogP contribution in [-0.2, 0) is 11.3 Å². The van der Waals surface area contributed by atoms with Crippen molar-refractivity contribution < 1.29 is 14.6 Å². The summed E-state index contributed by atoms with van der Waals surface area (Å²) in [6.45, 7) is 2.78. The van der Waals surface area contributed by atoms with Crippen molar-refractivity contribution in [1.29, 1.82) is 0 Å². The summed E-state index contributed by atoms with van der Waals surface area (Å²) in [7, 11) is 0. The van der Waals surface area contributed by atoms with Gasteiger partial charge in [-0.1, -0.05) is 0 Å². The molecular weight excluding hydrogens is 422 g/mol. The third-order valence-electron chi connectivity index (χ3n) is 5.33. The minimum atomic E-state index is -0.388. The van der Waals surface area contributed by atoms with Gasteiger partial charge in [0, 0.05) is 30.5 Å². The number of morpholine rings is 1. The van der Waals surface area contributed by atoms with Gasteiger partial charge < -0.3 is 25.4 Å². The number of rotatable bonds is 5. The molecule has 0 bridgehead atoms. The van der Waals surface area contributed by atoms with E-state index < -0.39 is 0 Å². The van der Waals surface area contributed by atoms with Gasteiger partial charge >= 0.3 is 6.03 Å². The molecule has 3 N–H and O–H groups in total. The molecule has 1 saturated heterocycles. The molecule has 4 aromatic rings. The number of nitrogens with zero attached hydrogens (tertiary/aromatic N) is 5. The molecule has 168 valence electrons. The lowest BCUT2D eigenvalue weighted by Crippen LogP contribution is -2.37. The molecule has 33 heavy (non-hydrogen) atoms. The summed E-state index contributed by atoms with van der Waals surface area (Å²) in [4.78, 5) is 23.4. The van der Waals surface area contributed by atoms with Crippen molar-refractivity contribution >= 4 is 28.7 Å². The predicted octanol–water partition coefficient (Wildman–Crippen LogP) is 2.76. The summed E-state index contributed by atoms with van der Waals surface area (Å²) in [5.41, 5.74) is 3.50. The molecule has 10 nitrogen and oxygen atoms in total. The number of nitrogens with one attached hydrogen (secondary N) is 2. The fourth-order valence-corrected chi connectivity index (χ4v) is 3.64. The number of hydrogen-bond donors (Lipinski definition) is 3. The topological polar surface area (TPSA) is 117 Å². The number of carbonyl (C=O) groups excluding carboxylic acids is 1. The number of aliphatic hydroxyl groups is 1. The Morgan fingerprint density at radius 1 is 1.03 bits per heavy atom. The van der Waals surface area contributed by atoms with E-state index in [0.717, 1.165) is 30.0 Å². The minimum absolute atomic E-state index is 0.145. The van der Waals surface area contributed by atoms with Gasteiger partial charge in [0.05, 0.1) is 37.4 Å². The van der Waals surface area contributed by atoms with Gasteiger partial charge in [-0.2, -0.15) is 0 Å². The third kappa shape index (κ3) is 4.61. The number of aromatic nitrogens is 4. The van der Waals surface area contributed by atoms with E-state index in [9.17, 15) is 4.79 Å². The monoisotopic (exact) mass is 445 g/mol. The molecule has 0 atom stereocenters. The first-order valence-electron chi connectivity index (χ1n) is 10.6. The molecule has 1 aliphatic rings. The Bertz CT molecular complexity index is 1250. The summed E-state index contributed by atoms with van der Waals surface area (Å²) in [6.07, 6.45) is 3.40. The second-order valence-corrected chi connectivity index (χ2v) is 7.55. The summed E-state index contributed by atoms with van der Waals surface area (Å²) in [6, 6.07) is 14.3. The van der Waals surface area contributed by atoms with Gasteiger partial charge in [-0.25, -0.2) is 14.3 Å². The maximum absolute atomic E-state index is 12.3. The van der Waals surface area contributed by atoms with E-state index in [-0.39, 0.29) is 12.6 Å². The number of carbonyl (C=O) groups is 1. The molecule has 0 spiro atoms. The van der Waals surface area contributed by atoms with Crippen molar-refractivity contribution in [3.05, 3.63) is 66.6 Å². The summed E-state index contributed by atoms with van der Waals surface area (Å²) < 4.78 is 7.31. The largest absolute Gasteiger partial charge is 0.390 e. The highest BCUT2D eigenvalue weighted by atomic mass is 16.5. The van der Waals surface area contributed by atoms with Gasteiger partial charge in [0.1, 0.15) is 5.52 Å². The lowest BCUT2D eigenvalue weighted by atomic mass is 10.2. The smallest absolute Gasteiger partial charge is 0.323 e. The number of hydrogen-bond acceptors (Lipinski definition) is 7. The molecule has 10 heteroatoms. The Morgan fingerprint density at radius 3 is 2.52 bits per heavy atom. The normalized spacial score (nSPS) is 13.8. The lowest BCUT2D eigenvalue weighted by molar-refractivity contribution is 0.122. The molecule has 0 aliphatic carbocycles. The highest BCUT2D eigenvalue weighted by molar-refractivity contribution is 5.99. The summed E-state index contributed by atoms with van der Waals surface area (Å²) in [5.74, 6) is 1.49. The Morgan fingerprint density at radius 2 is 1.79 bits per heavy atom. The predicted molar refractivity (Wildman–Crippen MR) is 124 cm³/mol. The van der Waals surface area contributed by atoms with Crippen LogP contribution in [0, 0.1) is 0 Å². The zero-order chi connectivity index (χ0) is 22.6. The van der Waals surface area contributed by atoms with Crippen LogP contribution in [0.2, 0.25) is 0 Å². The van der Waals surface area contributed by atoms with Crippen LogP contribution in [0.25, 0.3) is 16.9 Å². The highest BCUT2D eigenvalue weighted by Gasteiger charge is 2.18. The standard InChI is InChI=1S/C23H23N7O3/c31-15-19-8-7-18(14-24-19)26-23(32)25-17-5-3-16(4-6-17)21-27-22(29-10-12-33-13-11-29)20-2-1-9-30(20)28-21/h1-9,14,31H,10-13,15H2,(H2,25,26,32). The first-order valence-corrected chi connectivity index (χ1v) is 10.6. The number of benzene rings is 1. The Labute approximate surface area is 189 Å². The van der Waals surface area contributed by atoms with E-state index >= 15 is 0 Å². The number of urea groups is 1. The van der Waals surface area contributed by atoms with E-state index in [1.54, 1.807) is 24.3 Å². The number of ether oxygens (including phenoxy) is 1. The molecule has 1 aliphatic heterocycles. The molecule has 3 aromatic heterocycles. The second kappa shape index (κ2) is 9.23. The van der Waals surface area contributed by atoms with Crippen LogP contribution in [0.3, 0.4) is 0 Å². The highest BCUT2D eigenvalue weighted by Crippen LogP contribution is 2.25. The van der Waals surface area contributed by atoms with Crippen LogP contribution in [-0.4, -0.2) is 57.0 Å². The second-order valence-electron chi connectivity index (χ2n) is 7.55. The van der Waals surface area contributed by atoms with E-state index in [1.165, 1.54) is 6.20 Å². The number of pyridine rings is 1. The number of amides is 2. The maximum atomic E-state index is 12.3. The molecule has 0 saturated carbocycles. The van der Waals surface area contributed by atoms with Gasteiger partial charge in [-0.15, -0.1) is 5.10 Å². The number of aliphatic hydroxyl groups excluding tert-OH is 1. The van der Waals surface area contributed by atoms with Crippen LogP contribution in [0.15, 0.2) is 60.9 Å². The quantitative estimate of drug-likeness (QED) is 0.432. The molecule has 0 unspecified atom stereocenters. The van der Waals surface area contributed by atoms with Crippen LogP contribution in [0.4, 0.5) is 22.0 Å². The van der Waals surface area contributed by atoms with Crippen molar-refractivity contribution in [2.45, 2.75) is 6.61 Å². The van der Waals surface area contributed by atoms with E-state index in [1.807, 2.05) is 35.0 Å². The van der Waals surface area contributed by atoms with Crippen LogP contribution in [0.5, 0.6) is 0 Å². The molecular formula is C23H23N7O3. The maximum Gasteiger partial charge on any atom is 0.323 e. The van der Waals surface area contributed by atoms with Gasteiger partial charge in [0.2, 0.25) is 0 Å². The van der Waals surface area contributed by atoms with Gasteiger partial charge in [0.15, 0.2) is 11.6 Å². The van der Waals surface area contributed by atoms with Crippen molar-refractivity contribution in [3.63, 3.8) is 0 Å². The van der Waals surface area contributed by atoms with Crippen molar-refractivity contribution in [2.24, 2.45) is 0 Å². The van der Waals surface area contributed by atoms with E-state index in [4.69, 9.17) is 14.8 Å². The molecule has 1 aromatic carbocycles. The fraction of sp³-hybridized carbons (Fsp3) is 0.217. The summed E-state index contributed by atoms with van der Waals surface area (Å²) in [5, 5.41) is 19.2.